The summed E-state index contributed by atoms with van der Waals surface area (Å²) in [4.78, 5) is 12.7. The number of hydrazine groups is 1. The molecular formula is C23H20N2O2. The number of rotatable bonds is 4. The van der Waals surface area contributed by atoms with Crippen molar-refractivity contribution in [2.45, 2.75) is 18.6 Å². The second-order valence-electron chi connectivity index (χ2n) is 7.04. The van der Waals surface area contributed by atoms with Gasteiger partial charge in [0.1, 0.15) is 12.1 Å². The highest BCUT2D eigenvalue weighted by Crippen LogP contribution is 2.45. The van der Waals surface area contributed by atoms with Gasteiger partial charge in [-0.25, -0.2) is 5.43 Å². The summed E-state index contributed by atoms with van der Waals surface area (Å²) < 4.78 is 5.77. The van der Waals surface area contributed by atoms with Crippen molar-refractivity contribution in [3.05, 3.63) is 96.1 Å². The van der Waals surface area contributed by atoms with Gasteiger partial charge in [-0.1, -0.05) is 60.7 Å². The Morgan fingerprint density at radius 1 is 0.815 bits per heavy atom. The molecule has 0 spiro atoms. The van der Waals surface area contributed by atoms with E-state index in [2.05, 4.69) is 17.6 Å². The van der Waals surface area contributed by atoms with Gasteiger partial charge in [0.05, 0.1) is 11.4 Å². The lowest BCUT2D eigenvalue weighted by molar-refractivity contribution is -0.143. The van der Waals surface area contributed by atoms with E-state index in [1.807, 2.05) is 77.8 Å². The number of anilines is 2. The lowest BCUT2D eigenvalue weighted by atomic mass is 9.98. The van der Waals surface area contributed by atoms with E-state index in [9.17, 15) is 4.79 Å². The van der Waals surface area contributed by atoms with E-state index in [1.54, 1.807) is 0 Å². The van der Waals surface area contributed by atoms with Gasteiger partial charge in [0.15, 0.2) is 0 Å². The van der Waals surface area contributed by atoms with Crippen LogP contribution in [0.4, 0.5) is 11.4 Å². The number of fused-ring (bicyclic) bond motifs is 3. The van der Waals surface area contributed by atoms with E-state index in [1.165, 1.54) is 5.56 Å². The topological polar surface area (TPSA) is 41.6 Å². The Morgan fingerprint density at radius 3 is 2.07 bits per heavy atom. The van der Waals surface area contributed by atoms with Crippen LogP contribution in [0.5, 0.6) is 0 Å². The molecule has 3 aromatic carbocycles. The molecule has 1 heterocycles. The monoisotopic (exact) mass is 356 g/mol. The van der Waals surface area contributed by atoms with Gasteiger partial charge in [-0.15, -0.1) is 0 Å². The van der Waals surface area contributed by atoms with Crippen LogP contribution in [0.25, 0.3) is 0 Å². The first-order chi connectivity index (χ1) is 13.3. The zero-order valence-electron chi connectivity index (χ0n) is 14.8. The van der Waals surface area contributed by atoms with Gasteiger partial charge < -0.3 is 4.74 Å². The van der Waals surface area contributed by atoms with Crippen molar-refractivity contribution in [3.63, 3.8) is 0 Å². The fourth-order valence-corrected chi connectivity index (χ4v) is 4.15. The van der Waals surface area contributed by atoms with E-state index in [0.717, 1.165) is 23.4 Å². The average Bonchev–Trinajstić information content (AvgIpc) is 3.22. The van der Waals surface area contributed by atoms with Crippen LogP contribution < -0.4 is 10.4 Å². The van der Waals surface area contributed by atoms with Crippen LogP contribution in [-0.2, 0) is 16.0 Å². The van der Waals surface area contributed by atoms with Crippen molar-refractivity contribution in [2.75, 3.05) is 5.01 Å². The predicted octanol–water partition coefficient (Wildman–Crippen LogP) is 4.17. The Balaban J connectivity index is 1.48. The molecule has 134 valence electrons. The molecule has 3 atom stereocenters. The molecule has 0 amide bonds. The SMILES string of the molecule is O=C1O[C@H]2c3ccccc3C[C@H]2[C@H]1NN(c1ccccc1)c1ccccc1. The summed E-state index contributed by atoms with van der Waals surface area (Å²) in [5.41, 5.74) is 7.85. The lowest BCUT2D eigenvalue weighted by Crippen LogP contribution is -2.47. The van der Waals surface area contributed by atoms with E-state index in [4.69, 9.17) is 4.74 Å². The highest BCUT2D eigenvalue weighted by molar-refractivity contribution is 5.80. The quantitative estimate of drug-likeness (QED) is 0.563. The average molecular weight is 356 g/mol. The molecule has 4 nitrogen and oxygen atoms in total. The number of nitrogens with one attached hydrogen (secondary N) is 1. The van der Waals surface area contributed by atoms with Crippen LogP contribution in [0, 0.1) is 5.92 Å². The summed E-state index contributed by atoms with van der Waals surface area (Å²) in [6.07, 6.45) is 0.696. The van der Waals surface area contributed by atoms with E-state index >= 15 is 0 Å². The highest BCUT2D eigenvalue weighted by atomic mass is 16.6. The maximum atomic E-state index is 12.7. The summed E-state index contributed by atoms with van der Waals surface area (Å²) in [5.74, 6) is -0.0822. The van der Waals surface area contributed by atoms with Gasteiger partial charge in [-0.05, 0) is 41.8 Å². The molecule has 5 rings (SSSR count). The Labute approximate surface area is 158 Å². The summed E-state index contributed by atoms with van der Waals surface area (Å²) in [6.45, 7) is 0. The molecule has 2 aliphatic rings. The molecule has 1 saturated heterocycles. The first-order valence-corrected chi connectivity index (χ1v) is 9.26. The fraction of sp³-hybridized carbons (Fsp3) is 0.174. The Hall–Kier alpha value is -3.11. The maximum Gasteiger partial charge on any atom is 0.326 e. The molecular weight excluding hydrogens is 336 g/mol. The predicted molar refractivity (Wildman–Crippen MR) is 104 cm³/mol. The lowest BCUT2D eigenvalue weighted by Gasteiger charge is -2.29. The van der Waals surface area contributed by atoms with Gasteiger partial charge in [0, 0.05) is 5.92 Å². The third-order valence-corrected chi connectivity index (χ3v) is 5.43. The number of esters is 1. The van der Waals surface area contributed by atoms with Crippen molar-refractivity contribution in [3.8, 4) is 0 Å². The van der Waals surface area contributed by atoms with Gasteiger partial charge in [0.25, 0.3) is 0 Å². The zero-order valence-corrected chi connectivity index (χ0v) is 14.8. The number of carbonyl (C=O) groups is 1. The fourth-order valence-electron chi connectivity index (χ4n) is 4.15. The number of carbonyl (C=O) groups excluding carboxylic acids is 1. The largest absolute Gasteiger partial charge is 0.456 e. The molecule has 1 N–H and O–H groups in total. The third kappa shape index (κ3) is 2.78. The van der Waals surface area contributed by atoms with Gasteiger partial charge >= 0.3 is 5.97 Å². The second-order valence-corrected chi connectivity index (χ2v) is 7.04. The minimum atomic E-state index is -0.386. The molecule has 0 radical (unpaired) electrons. The number of para-hydroxylation sites is 2. The first kappa shape index (κ1) is 16.1. The highest BCUT2D eigenvalue weighted by Gasteiger charge is 2.50. The van der Waals surface area contributed by atoms with Crippen LogP contribution >= 0.6 is 0 Å². The number of ether oxygens (including phenoxy) is 1. The summed E-state index contributed by atoms with van der Waals surface area (Å²) >= 11 is 0. The third-order valence-electron chi connectivity index (χ3n) is 5.43. The van der Waals surface area contributed by atoms with E-state index < -0.39 is 0 Å². The van der Waals surface area contributed by atoms with Crippen LogP contribution in [0.1, 0.15) is 17.2 Å². The minimum absolute atomic E-state index is 0.102. The van der Waals surface area contributed by atoms with Crippen LogP contribution in [0.2, 0.25) is 0 Å². The van der Waals surface area contributed by atoms with Crippen molar-refractivity contribution in [1.82, 2.24) is 5.43 Å². The van der Waals surface area contributed by atoms with E-state index in [0.29, 0.717) is 0 Å². The summed E-state index contributed by atoms with van der Waals surface area (Å²) in [5, 5.41) is 1.98. The molecule has 0 saturated carbocycles. The van der Waals surface area contributed by atoms with E-state index in [-0.39, 0.29) is 24.0 Å². The van der Waals surface area contributed by atoms with Crippen molar-refractivity contribution in [2.24, 2.45) is 5.92 Å². The normalized spacial score (nSPS) is 22.8. The second kappa shape index (κ2) is 6.56. The molecule has 1 aliphatic heterocycles. The Kier molecular flexibility index (Phi) is 3.91. The molecule has 0 bridgehead atoms. The minimum Gasteiger partial charge on any atom is -0.456 e. The smallest absolute Gasteiger partial charge is 0.326 e. The Bertz CT molecular complexity index is 919. The molecule has 0 unspecified atom stereocenters. The molecule has 4 heteroatoms. The Morgan fingerprint density at radius 2 is 1.41 bits per heavy atom. The maximum absolute atomic E-state index is 12.7. The molecule has 0 aromatic heterocycles. The van der Waals surface area contributed by atoms with Gasteiger partial charge in [-0.3, -0.25) is 9.80 Å². The molecule has 1 fully saturated rings. The zero-order chi connectivity index (χ0) is 18.2. The molecule has 1 aliphatic carbocycles. The number of hydrogen-bond donors (Lipinski definition) is 1. The van der Waals surface area contributed by atoms with Crippen molar-refractivity contribution < 1.29 is 9.53 Å². The molecule has 27 heavy (non-hydrogen) atoms. The van der Waals surface area contributed by atoms with Crippen LogP contribution in [-0.4, -0.2) is 12.0 Å². The first-order valence-electron chi connectivity index (χ1n) is 9.26. The van der Waals surface area contributed by atoms with Gasteiger partial charge in [0.2, 0.25) is 0 Å². The number of hydrogen-bond acceptors (Lipinski definition) is 4. The molecule has 3 aromatic rings. The standard InChI is InChI=1S/C23H20N2O2/c26-23-21(20-15-16-9-7-8-14-19(16)22(20)27-23)24-25(17-10-3-1-4-11-17)18-12-5-2-6-13-18/h1-14,20-22,24H,15H2/t20-,21+,22-/m0/s1. The summed E-state index contributed by atoms with van der Waals surface area (Å²) in [6, 6.07) is 27.9. The van der Waals surface area contributed by atoms with Crippen LogP contribution in [0.3, 0.4) is 0 Å². The van der Waals surface area contributed by atoms with Crippen LogP contribution in [0.15, 0.2) is 84.9 Å². The number of benzene rings is 3. The van der Waals surface area contributed by atoms with Crippen molar-refractivity contribution in [1.29, 1.82) is 0 Å². The number of nitrogens with zero attached hydrogens (tertiary/aromatic N) is 1. The summed E-state index contributed by atoms with van der Waals surface area (Å²) in [7, 11) is 0. The van der Waals surface area contributed by atoms with Gasteiger partial charge in [-0.2, -0.15) is 0 Å². The van der Waals surface area contributed by atoms with Crippen molar-refractivity contribution >= 4 is 17.3 Å².